The number of aryl methyl sites for hydroxylation is 1. The van der Waals surface area contributed by atoms with Crippen molar-refractivity contribution in [2.24, 2.45) is 0 Å². The van der Waals surface area contributed by atoms with Gasteiger partial charge in [-0.25, -0.2) is 0 Å². The first kappa shape index (κ1) is 12.4. The molecule has 1 amide bonds. The maximum absolute atomic E-state index is 11.3. The zero-order valence-electron chi connectivity index (χ0n) is 10.2. The minimum atomic E-state index is 0.178. The first-order chi connectivity index (χ1) is 8.08. The Balaban J connectivity index is 2.08. The molecule has 1 aromatic carbocycles. The third kappa shape index (κ3) is 2.80. The number of anilines is 1. The van der Waals surface area contributed by atoms with Crippen molar-refractivity contribution in [3.05, 3.63) is 28.2 Å². The van der Waals surface area contributed by atoms with Gasteiger partial charge < -0.3 is 9.80 Å². The van der Waals surface area contributed by atoms with Crippen molar-refractivity contribution in [3.63, 3.8) is 0 Å². The Morgan fingerprint density at radius 3 is 2.41 bits per heavy atom. The number of hydrogen-bond acceptors (Lipinski definition) is 2. The summed E-state index contributed by atoms with van der Waals surface area (Å²) < 4.78 is 1.11. The lowest BCUT2D eigenvalue weighted by Gasteiger charge is -2.36. The quantitative estimate of drug-likeness (QED) is 0.795. The van der Waals surface area contributed by atoms with Crippen LogP contribution in [0.25, 0.3) is 0 Å². The van der Waals surface area contributed by atoms with Crippen LogP contribution in [0.4, 0.5) is 5.69 Å². The first-order valence-corrected chi connectivity index (χ1v) is 6.64. The van der Waals surface area contributed by atoms with Gasteiger partial charge in [0.15, 0.2) is 0 Å². The van der Waals surface area contributed by atoms with E-state index in [1.54, 1.807) is 6.92 Å². The molecule has 1 fully saturated rings. The van der Waals surface area contributed by atoms with E-state index in [0.717, 1.165) is 30.7 Å². The van der Waals surface area contributed by atoms with Crippen LogP contribution in [-0.2, 0) is 4.79 Å². The summed E-state index contributed by atoms with van der Waals surface area (Å²) in [5.74, 6) is 0.178. The number of carbonyl (C=O) groups excluding carboxylic acids is 1. The highest BCUT2D eigenvalue weighted by Crippen LogP contribution is 2.24. The molecular weight excluding hydrogens is 280 g/mol. The van der Waals surface area contributed by atoms with Gasteiger partial charge in [0.05, 0.1) is 0 Å². The monoisotopic (exact) mass is 296 g/mol. The van der Waals surface area contributed by atoms with Crippen LogP contribution in [0.5, 0.6) is 0 Å². The van der Waals surface area contributed by atoms with Crippen LogP contribution in [0.15, 0.2) is 22.7 Å². The van der Waals surface area contributed by atoms with Crippen molar-refractivity contribution in [1.29, 1.82) is 0 Å². The molecule has 3 nitrogen and oxygen atoms in total. The summed E-state index contributed by atoms with van der Waals surface area (Å²) in [7, 11) is 0. The lowest BCUT2D eigenvalue weighted by Crippen LogP contribution is -2.48. The molecule has 0 saturated carbocycles. The fourth-order valence-electron chi connectivity index (χ4n) is 2.24. The lowest BCUT2D eigenvalue weighted by molar-refractivity contribution is -0.129. The van der Waals surface area contributed by atoms with E-state index in [9.17, 15) is 4.79 Å². The molecule has 92 valence electrons. The highest BCUT2D eigenvalue weighted by atomic mass is 79.9. The number of rotatable bonds is 1. The zero-order valence-corrected chi connectivity index (χ0v) is 11.8. The smallest absolute Gasteiger partial charge is 0.219 e. The van der Waals surface area contributed by atoms with Crippen LogP contribution >= 0.6 is 15.9 Å². The first-order valence-electron chi connectivity index (χ1n) is 5.84. The Bertz CT molecular complexity index is 425. The fraction of sp³-hybridized carbons (Fsp3) is 0.462. The molecule has 0 atom stereocenters. The van der Waals surface area contributed by atoms with Gasteiger partial charge in [0, 0.05) is 43.3 Å². The summed E-state index contributed by atoms with van der Waals surface area (Å²) in [5, 5.41) is 0. The standard InChI is InChI=1S/C13H17BrN2O/c1-10-9-12(14)3-4-13(10)16-7-5-15(6-8-16)11(2)17/h3-4,9H,5-8H2,1-2H3. The van der Waals surface area contributed by atoms with Gasteiger partial charge in [-0.1, -0.05) is 15.9 Å². The van der Waals surface area contributed by atoms with Crippen LogP contribution < -0.4 is 4.90 Å². The Morgan fingerprint density at radius 2 is 1.88 bits per heavy atom. The van der Waals surface area contributed by atoms with E-state index < -0.39 is 0 Å². The van der Waals surface area contributed by atoms with Gasteiger partial charge in [0.25, 0.3) is 0 Å². The number of piperazine rings is 1. The SMILES string of the molecule is CC(=O)N1CCN(c2ccc(Br)cc2C)CC1. The van der Waals surface area contributed by atoms with Crippen molar-refractivity contribution >= 4 is 27.5 Å². The molecule has 1 heterocycles. The van der Waals surface area contributed by atoms with Crippen molar-refractivity contribution in [2.75, 3.05) is 31.1 Å². The van der Waals surface area contributed by atoms with Crippen molar-refractivity contribution in [2.45, 2.75) is 13.8 Å². The van der Waals surface area contributed by atoms with Gasteiger partial charge in [-0.2, -0.15) is 0 Å². The molecule has 4 heteroatoms. The zero-order chi connectivity index (χ0) is 12.4. The molecule has 0 aromatic heterocycles. The molecule has 2 rings (SSSR count). The van der Waals surface area contributed by atoms with Crippen molar-refractivity contribution in [1.82, 2.24) is 4.90 Å². The van der Waals surface area contributed by atoms with E-state index in [1.807, 2.05) is 4.90 Å². The van der Waals surface area contributed by atoms with Crippen LogP contribution in [0.3, 0.4) is 0 Å². The van der Waals surface area contributed by atoms with E-state index >= 15 is 0 Å². The molecule has 1 aliphatic heterocycles. The van der Waals surface area contributed by atoms with Gasteiger partial charge in [-0.15, -0.1) is 0 Å². The number of halogens is 1. The van der Waals surface area contributed by atoms with Crippen LogP contribution in [0.2, 0.25) is 0 Å². The third-order valence-corrected chi connectivity index (χ3v) is 3.72. The van der Waals surface area contributed by atoms with Crippen LogP contribution in [0.1, 0.15) is 12.5 Å². The normalized spacial score (nSPS) is 16.2. The molecule has 0 aliphatic carbocycles. The average Bonchev–Trinajstić information content (AvgIpc) is 2.29. The summed E-state index contributed by atoms with van der Waals surface area (Å²) in [6.07, 6.45) is 0. The highest BCUT2D eigenvalue weighted by molar-refractivity contribution is 9.10. The number of carbonyl (C=O) groups is 1. The third-order valence-electron chi connectivity index (χ3n) is 3.22. The van der Waals surface area contributed by atoms with Gasteiger partial charge in [0.1, 0.15) is 0 Å². The second-order valence-corrected chi connectivity index (χ2v) is 5.34. The van der Waals surface area contributed by atoms with Crippen molar-refractivity contribution < 1.29 is 4.79 Å². The minimum Gasteiger partial charge on any atom is -0.368 e. The van der Waals surface area contributed by atoms with E-state index in [4.69, 9.17) is 0 Å². The Hall–Kier alpha value is -1.03. The van der Waals surface area contributed by atoms with Gasteiger partial charge in [-0.05, 0) is 30.7 Å². The van der Waals surface area contributed by atoms with Gasteiger partial charge in [-0.3, -0.25) is 4.79 Å². The second-order valence-electron chi connectivity index (χ2n) is 4.42. The van der Waals surface area contributed by atoms with Crippen LogP contribution in [0, 0.1) is 6.92 Å². The lowest BCUT2D eigenvalue weighted by atomic mass is 10.1. The largest absolute Gasteiger partial charge is 0.368 e. The molecule has 0 bridgehead atoms. The summed E-state index contributed by atoms with van der Waals surface area (Å²) in [6.45, 7) is 7.25. The van der Waals surface area contributed by atoms with E-state index in [-0.39, 0.29) is 5.91 Å². The fourth-order valence-corrected chi connectivity index (χ4v) is 2.71. The maximum atomic E-state index is 11.3. The predicted octanol–water partition coefficient (Wildman–Crippen LogP) is 2.43. The molecule has 1 saturated heterocycles. The molecule has 1 aromatic rings. The van der Waals surface area contributed by atoms with Crippen LogP contribution in [-0.4, -0.2) is 37.0 Å². The maximum Gasteiger partial charge on any atom is 0.219 e. The second kappa shape index (κ2) is 5.08. The number of hydrogen-bond donors (Lipinski definition) is 0. The summed E-state index contributed by atoms with van der Waals surface area (Å²) in [5.41, 5.74) is 2.55. The summed E-state index contributed by atoms with van der Waals surface area (Å²) in [4.78, 5) is 15.5. The molecule has 0 radical (unpaired) electrons. The molecule has 0 N–H and O–H groups in total. The van der Waals surface area contributed by atoms with E-state index in [1.165, 1.54) is 11.3 Å². The van der Waals surface area contributed by atoms with Crippen molar-refractivity contribution in [3.8, 4) is 0 Å². The van der Waals surface area contributed by atoms with Gasteiger partial charge in [0.2, 0.25) is 5.91 Å². The molecular formula is C13H17BrN2O. The predicted molar refractivity (Wildman–Crippen MR) is 73.3 cm³/mol. The molecule has 0 unspecified atom stereocenters. The summed E-state index contributed by atoms with van der Waals surface area (Å²) >= 11 is 3.48. The molecule has 0 spiro atoms. The highest BCUT2D eigenvalue weighted by Gasteiger charge is 2.19. The Labute approximate surface area is 111 Å². The Morgan fingerprint density at radius 1 is 1.24 bits per heavy atom. The van der Waals surface area contributed by atoms with E-state index in [2.05, 4.69) is 46.0 Å². The van der Waals surface area contributed by atoms with Gasteiger partial charge >= 0.3 is 0 Å². The molecule has 1 aliphatic rings. The summed E-state index contributed by atoms with van der Waals surface area (Å²) in [6, 6.07) is 6.34. The molecule has 17 heavy (non-hydrogen) atoms. The average molecular weight is 297 g/mol. The number of benzene rings is 1. The van der Waals surface area contributed by atoms with E-state index in [0.29, 0.717) is 0 Å². The minimum absolute atomic E-state index is 0.178. The number of amides is 1. The number of nitrogens with zero attached hydrogens (tertiary/aromatic N) is 2. The Kier molecular flexibility index (Phi) is 3.72. The topological polar surface area (TPSA) is 23.6 Å².